The molecule has 0 aliphatic carbocycles. The smallest absolute Gasteiger partial charge is 0.307 e. The summed E-state index contributed by atoms with van der Waals surface area (Å²) < 4.78 is 39.2. The molecule has 1 fully saturated rings. The van der Waals surface area contributed by atoms with Gasteiger partial charge in [0.1, 0.15) is 0 Å². The second kappa shape index (κ2) is 4.92. The van der Waals surface area contributed by atoms with Crippen LogP contribution < -0.4 is 5.32 Å². The lowest BCUT2D eigenvalue weighted by molar-refractivity contribution is -0.139. The van der Waals surface area contributed by atoms with E-state index in [2.05, 4.69) is 5.32 Å². The van der Waals surface area contributed by atoms with Gasteiger partial charge in [0.2, 0.25) is 0 Å². The van der Waals surface area contributed by atoms with Crippen molar-refractivity contribution in [3.63, 3.8) is 0 Å². The number of alkyl halides is 3. The summed E-state index contributed by atoms with van der Waals surface area (Å²) in [6.45, 7) is 2.74. The molecule has 1 aliphatic rings. The van der Waals surface area contributed by atoms with Gasteiger partial charge in [0.25, 0.3) is 0 Å². The van der Waals surface area contributed by atoms with Gasteiger partial charge in [-0.05, 0) is 37.4 Å². The molecule has 0 saturated carbocycles. The predicted molar refractivity (Wildman–Crippen MR) is 65.3 cm³/mol. The van der Waals surface area contributed by atoms with Gasteiger partial charge in [-0.1, -0.05) is 31.5 Å². The summed E-state index contributed by atoms with van der Waals surface area (Å²) in [5, 5.41) is 3.31. The molecule has 1 saturated heterocycles. The number of hydrogen-bond acceptors (Lipinski definition) is 1. The number of benzene rings is 1. The Hall–Kier alpha value is -1.03. The lowest BCUT2D eigenvalue weighted by atomic mass is 9.78. The van der Waals surface area contributed by atoms with Crippen molar-refractivity contribution in [1.29, 1.82) is 0 Å². The molecular formula is C14H18F3N. The summed E-state index contributed by atoms with van der Waals surface area (Å²) in [4.78, 5) is 0. The first kappa shape index (κ1) is 13.4. The van der Waals surface area contributed by atoms with Crippen molar-refractivity contribution in [2.45, 2.75) is 44.3 Å². The van der Waals surface area contributed by atoms with Crippen LogP contribution in [0.5, 0.6) is 0 Å². The fourth-order valence-electron chi connectivity index (χ4n) is 2.84. The third kappa shape index (κ3) is 2.39. The van der Waals surface area contributed by atoms with Gasteiger partial charge in [-0.3, -0.25) is 0 Å². The Bertz CT molecular complexity index is 406. The third-order valence-electron chi connectivity index (χ3n) is 3.85. The van der Waals surface area contributed by atoms with E-state index in [-0.39, 0.29) is 0 Å². The Kier molecular flexibility index (Phi) is 3.66. The van der Waals surface area contributed by atoms with E-state index in [0.29, 0.717) is 12.0 Å². The summed E-state index contributed by atoms with van der Waals surface area (Å²) in [6, 6.07) is 5.95. The minimum atomic E-state index is -4.28. The zero-order chi connectivity index (χ0) is 13.2. The van der Waals surface area contributed by atoms with Crippen molar-refractivity contribution >= 4 is 0 Å². The maximum absolute atomic E-state index is 13.1. The van der Waals surface area contributed by atoms with Crippen molar-refractivity contribution in [2.75, 3.05) is 6.54 Å². The molecule has 0 radical (unpaired) electrons. The highest BCUT2D eigenvalue weighted by molar-refractivity contribution is 5.36. The van der Waals surface area contributed by atoms with E-state index in [9.17, 15) is 13.2 Å². The van der Waals surface area contributed by atoms with E-state index in [0.717, 1.165) is 25.8 Å². The van der Waals surface area contributed by atoms with E-state index in [1.165, 1.54) is 12.1 Å². The average molecular weight is 257 g/mol. The van der Waals surface area contributed by atoms with Crippen LogP contribution in [-0.4, -0.2) is 6.54 Å². The van der Waals surface area contributed by atoms with Crippen LogP contribution in [0.1, 0.15) is 43.7 Å². The maximum Gasteiger partial charge on any atom is 0.416 e. The number of hydrogen-bond donors (Lipinski definition) is 1. The molecule has 1 nitrogen and oxygen atoms in total. The van der Waals surface area contributed by atoms with E-state index in [1.54, 1.807) is 12.1 Å². The molecular weight excluding hydrogens is 239 g/mol. The van der Waals surface area contributed by atoms with Crippen LogP contribution in [0.25, 0.3) is 0 Å². The van der Waals surface area contributed by atoms with Gasteiger partial charge in [-0.2, -0.15) is 13.2 Å². The van der Waals surface area contributed by atoms with Crippen LogP contribution in [0.3, 0.4) is 0 Å². The largest absolute Gasteiger partial charge is 0.416 e. The molecule has 1 unspecified atom stereocenters. The molecule has 2 rings (SSSR count). The lowest BCUT2D eigenvalue weighted by Crippen LogP contribution is -2.46. The van der Waals surface area contributed by atoms with E-state index >= 15 is 0 Å². The molecule has 1 heterocycles. The highest BCUT2D eigenvalue weighted by Crippen LogP contribution is 2.41. The molecule has 100 valence electrons. The Balaban J connectivity index is 2.48. The number of piperidine rings is 1. The summed E-state index contributed by atoms with van der Waals surface area (Å²) in [5.41, 5.74) is -0.606. The zero-order valence-electron chi connectivity index (χ0n) is 10.5. The van der Waals surface area contributed by atoms with Crippen LogP contribution in [-0.2, 0) is 11.7 Å². The zero-order valence-corrected chi connectivity index (χ0v) is 10.5. The molecule has 0 aromatic heterocycles. The minimum absolute atomic E-state index is 0.403. The van der Waals surface area contributed by atoms with Gasteiger partial charge in [-0.25, -0.2) is 0 Å². The Labute approximate surface area is 105 Å². The van der Waals surface area contributed by atoms with Gasteiger partial charge >= 0.3 is 6.18 Å². The van der Waals surface area contributed by atoms with Crippen LogP contribution in [0.4, 0.5) is 13.2 Å². The molecule has 0 spiro atoms. The first-order valence-electron chi connectivity index (χ1n) is 6.41. The highest BCUT2D eigenvalue weighted by Gasteiger charge is 2.41. The topological polar surface area (TPSA) is 12.0 Å². The molecule has 1 N–H and O–H groups in total. The predicted octanol–water partition coefficient (Wildman–Crippen LogP) is 4.08. The summed E-state index contributed by atoms with van der Waals surface area (Å²) in [5.74, 6) is 0. The summed E-state index contributed by atoms with van der Waals surface area (Å²) >= 11 is 0. The highest BCUT2D eigenvalue weighted by atomic mass is 19.4. The first-order valence-corrected chi connectivity index (χ1v) is 6.41. The average Bonchev–Trinajstić information content (AvgIpc) is 2.38. The second-order valence-corrected chi connectivity index (χ2v) is 4.86. The van der Waals surface area contributed by atoms with Gasteiger partial charge in [0, 0.05) is 5.54 Å². The maximum atomic E-state index is 13.1. The fraction of sp³-hybridized carbons (Fsp3) is 0.571. The molecule has 0 bridgehead atoms. The second-order valence-electron chi connectivity index (χ2n) is 4.86. The molecule has 18 heavy (non-hydrogen) atoms. The lowest BCUT2D eigenvalue weighted by Gasteiger charge is -2.39. The fourth-order valence-corrected chi connectivity index (χ4v) is 2.84. The van der Waals surface area contributed by atoms with Crippen molar-refractivity contribution in [2.24, 2.45) is 0 Å². The third-order valence-corrected chi connectivity index (χ3v) is 3.85. The molecule has 0 amide bonds. The molecule has 1 aromatic rings. The number of rotatable bonds is 2. The van der Waals surface area contributed by atoms with Crippen molar-refractivity contribution in [1.82, 2.24) is 5.32 Å². The van der Waals surface area contributed by atoms with Crippen LogP contribution >= 0.6 is 0 Å². The van der Waals surface area contributed by atoms with E-state index < -0.39 is 17.3 Å². The van der Waals surface area contributed by atoms with Crippen LogP contribution in [0.2, 0.25) is 0 Å². The minimum Gasteiger partial charge on any atom is -0.307 e. The van der Waals surface area contributed by atoms with Gasteiger partial charge in [0.05, 0.1) is 5.56 Å². The molecule has 4 heteroatoms. The molecule has 1 aliphatic heterocycles. The standard InChI is InChI=1S/C14H18F3N/c1-2-13(9-5-6-10-18-13)11-7-3-4-8-12(11)14(15,16)17/h3-4,7-8,18H,2,5-6,9-10H2,1H3. The Morgan fingerprint density at radius 1 is 1.22 bits per heavy atom. The Morgan fingerprint density at radius 3 is 2.50 bits per heavy atom. The summed E-state index contributed by atoms with van der Waals surface area (Å²) in [6.07, 6.45) is -0.808. The quantitative estimate of drug-likeness (QED) is 0.841. The summed E-state index contributed by atoms with van der Waals surface area (Å²) in [7, 11) is 0. The van der Waals surface area contributed by atoms with Gasteiger partial charge in [0.15, 0.2) is 0 Å². The number of halogens is 3. The first-order chi connectivity index (χ1) is 8.49. The van der Waals surface area contributed by atoms with Crippen molar-refractivity contribution in [3.05, 3.63) is 35.4 Å². The normalized spacial score (nSPS) is 25.1. The molecule has 1 aromatic carbocycles. The van der Waals surface area contributed by atoms with Crippen LogP contribution in [0, 0.1) is 0 Å². The van der Waals surface area contributed by atoms with Gasteiger partial charge in [-0.15, -0.1) is 0 Å². The molecule has 1 atom stereocenters. The Morgan fingerprint density at radius 2 is 1.94 bits per heavy atom. The van der Waals surface area contributed by atoms with Crippen molar-refractivity contribution < 1.29 is 13.2 Å². The van der Waals surface area contributed by atoms with E-state index in [1.807, 2.05) is 6.92 Å². The van der Waals surface area contributed by atoms with Crippen molar-refractivity contribution in [3.8, 4) is 0 Å². The van der Waals surface area contributed by atoms with E-state index in [4.69, 9.17) is 0 Å². The van der Waals surface area contributed by atoms with Crippen LogP contribution in [0.15, 0.2) is 24.3 Å². The monoisotopic (exact) mass is 257 g/mol. The SMILES string of the molecule is CCC1(c2ccccc2C(F)(F)F)CCCCN1. The van der Waals surface area contributed by atoms with Gasteiger partial charge < -0.3 is 5.32 Å². The number of nitrogens with one attached hydrogen (secondary N) is 1.